The lowest BCUT2D eigenvalue weighted by atomic mass is 10.0. The fourth-order valence-corrected chi connectivity index (χ4v) is 4.19. The van der Waals surface area contributed by atoms with E-state index in [1.54, 1.807) is 6.20 Å². The van der Waals surface area contributed by atoms with E-state index >= 15 is 0 Å². The van der Waals surface area contributed by atoms with E-state index in [0.29, 0.717) is 29.2 Å². The average molecular weight is 535 g/mol. The second-order valence-electron chi connectivity index (χ2n) is 7.86. The number of pyridine rings is 1. The summed E-state index contributed by atoms with van der Waals surface area (Å²) in [5, 5.41) is 3.87. The number of rotatable bonds is 10. The van der Waals surface area contributed by atoms with Gasteiger partial charge >= 0.3 is 0 Å². The van der Waals surface area contributed by atoms with E-state index in [2.05, 4.69) is 54.9 Å². The number of nitrogens with one attached hydrogen (secondary N) is 1. The first-order chi connectivity index (χ1) is 17.0. The molecule has 0 saturated carbocycles. The van der Waals surface area contributed by atoms with Crippen LogP contribution in [0.2, 0.25) is 0 Å². The summed E-state index contributed by atoms with van der Waals surface area (Å²) in [6.07, 6.45) is 1.67. The van der Waals surface area contributed by atoms with Gasteiger partial charge in [-0.3, -0.25) is 4.79 Å². The van der Waals surface area contributed by atoms with Crippen molar-refractivity contribution in [3.05, 3.63) is 71.0 Å². The fraction of sp³-hybridized carbons (Fsp3) is 0.231. The van der Waals surface area contributed by atoms with Gasteiger partial charge in [-0.25, -0.2) is 9.97 Å². The molecule has 180 valence electrons. The van der Waals surface area contributed by atoms with Gasteiger partial charge in [0.15, 0.2) is 5.65 Å². The Morgan fingerprint density at radius 2 is 1.80 bits per heavy atom. The Balaban J connectivity index is 1.52. The van der Waals surface area contributed by atoms with Crippen molar-refractivity contribution < 1.29 is 9.53 Å². The quantitative estimate of drug-likeness (QED) is 0.294. The Morgan fingerprint density at radius 1 is 1.06 bits per heavy atom. The lowest BCUT2D eigenvalue weighted by Gasteiger charge is -2.18. The number of hydrogen-bond donors (Lipinski definition) is 2. The molecule has 2 heterocycles. The maximum absolute atomic E-state index is 12.2. The van der Waals surface area contributed by atoms with E-state index in [9.17, 15) is 4.79 Å². The molecule has 0 aliphatic heterocycles. The standard InChI is InChI=1S/C26H27BrN6O2/c1-3-33(4-2)13-14-35-19-11-9-18(10-12-19)30-26-29-16-17-15-21(20-7-5-6-8-22(20)27)23(24(28)34)31-25(17)32-26/h5-12,15-16H,3-4,13-14H2,1-2H3,(H2,28,34)(H,29,30,31,32). The van der Waals surface area contributed by atoms with Crippen molar-refractivity contribution in [1.29, 1.82) is 0 Å². The van der Waals surface area contributed by atoms with Gasteiger partial charge in [0, 0.05) is 33.9 Å². The van der Waals surface area contributed by atoms with Gasteiger partial charge in [-0.1, -0.05) is 48.0 Å². The monoisotopic (exact) mass is 534 g/mol. The summed E-state index contributed by atoms with van der Waals surface area (Å²) in [6.45, 7) is 7.83. The molecule has 1 amide bonds. The number of halogens is 1. The van der Waals surface area contributed by atoms with Crippen molar-refractivity contribution >= 4 is 44.5 Å². The Hall–Kier alpha value is -3.56. The number of fused-ring (bicyclic) bond motifs is 1. The van der Waals surface area contributed by atoms with E-state index < -0.39 is 5.91 Å². The van der Waals surface area contributed by atoms with Crippen LogP contribution in [0.15, 0.2) is 65.3 Å². The predicted octanol–water partition coefficient (Wildman–Crippen LogP) is 5.02. The highest BCUT2D eigenvalue weighted by atomic mass is 79.9. The zero-order chi connectivity index (χ0) is 24.8. The molecule has 9 heteroatoms. The third-order valence-corrected chi connectivity index (χ3v) is 6.34. The maximum atomic E-state index is 12.2. The molecule has 4 aromatic rings. The summed E-state index contributed by atoms with van der Waals surface area (Å²) < 4.78 is 6.67. The van der Waals surface area contributed by atoms with Gasteiger partial charge in [0.1, 0.15) is 18.1 Å². The number of carbonyl (C=O) groups excluding carboxylic acids is 1. The smallest absolute Gasteiger partial charge is 0.268 e. The molecule has 4 rings (SSSR count). The summed E-state index contributed by atoms with van der Waals surface area (Å²) in [7, 11) is 0. The number of nitrogens with two attached hydrogens (primary N) is 1. The molecule has 0 fully saturated rings. The molecule has 2 aromatic carbocycles. The van der Waals surface area contributed by atoms with Gasteiger partial charge in [0.2, 0.25) is 5.95 Å². The first kappa shape index (κ1) is 24.6. The highest BCUT2D eigenvalue weighted by Gasteiger charge is 2.17. The number of hydrogen-bond acceptors (Lipinski definition) is 7. The van der Waals surface area contributed by atoms with E-state index in [4.69, 9.17) is 10.5 Å². The molecule has 0 aliphatic carbocycles. The minimum absolute atomic E-state index is 0.153. The first-order valence-electron chi connectivity index (χ1n) is 11.4. The zero-order valence-electron chi connectivity index (χ0n) is 19.7. The van der Waals surface area contributed by atoms with Crippen LogP contribution in [0, 0.1) is 0 Å². The highest BCUT2D eigenvalue weighted by Crippen LogP contribution is 2.32. The van der Waals surface area contributed by atoms with Crippen LogP contribution in [-0.2, 0) is 0 Å². The third kappa shape index (κ3) is 5.93. The Labute approximate surface area is 212 Å². The molecule has 0 saturated heterocycles. The molecule has 3 N–H and O–H groups in total. The van der Waals surface area contributed by atoms with Gasteiger partial charge in [-0.15, -0.1) is 0 Å². The minimum Gasteiger partial charge on any atom is -0.492 e. The van der Waals surface area contributed by atoms with Crippen LogP contribution >= 0.6 is 15.9 Å². The molecule has 0 atom stereocenters. The second-order valence-corrected chi connectivity index (χ2v) is 8.71. The van der Waals surface area contributed by atoms with Crippen molar-refractivity contribution in [2.24, 2.45) is 5.73 Å². The van der Waals surface area contributed by atoms with E-state index in [1.807, 2.05) is 54.6 Å². The largest absolute Gasteiger partial charge is 0.492 e. The number of anilines is 2. The number of nitrogens with zero attached hydrogens (tertiary/aromatic N) is 4. The minimum atomic E-state index is -0.623. The van der Waals surface area contributed by atoms with Crippen molar-refractivity contribution in [3.63, 3.8) is 0 Å². The van der Waals surface area contributed by atoms with Crippen molar-refractivity contribution in [2.45, 2.75) is 13.8 Å². The number of aromatic nitrogens is 3. The Kier molecular flexibility index (Phi) is 7.89. The fourth-order valence-electron chi connectivity index (χ4n) is 3.69. The summed E-state index contributed by atoms with van der Waals surface area (Å²) >= 11 is 3.53. The molecule has 0 bridgehead atoms. The predicted molar refractivity (Wildman–Crippen MR) is 142 cm³/mol. The lowest BCUT2D eigenvalue weighted by Crippen LogP contribution is -2.27. The second kappa shape index (κ2) is 11.2. The highest BCUT2D eigenvalue weighted by molar-refractivity contribution is 9.10. The number of carbonyl (C=O) groups is 1. The van der Waals surface area contributed by atoms with Crippen molar-refractivity contribution in [1.82, 2.24) is 19.9 Å². The van der Waals surface area contributed by atoms with Gasteiger partial charge in [0.25, 0.3) is 5.91 Å². The Morgan fingerprint density at radius 3 is 2.49 bits per heavy atom. The van der Waals surface area contributed by atoms with Crippen LogP contribution in [-0.4, -0.2) is 52.0 Å². The van der Waals surface area contributed by atoms with E-state index in [1.165, 1.54) is 0 Å². The summed E-state index contributed by atoms with van der Waals surface area (Å²) in [5.41, 5.74) is 8.42. The number of likely N-dealkylation sites (N-methyl/N-ethyl adjacent to an activating group) is 1. The first-order valence-corrected chi connectivity index (χ1v) is 12.2. The number of amides is 1. The summed E-state index contributed by atoms with van der Waals surface area (Å²) in [5.74, 6) is 0.543. The molecule has 35 heavy (non-hydrogen) atoms. The van der Waals surface area contributed by atoms with E-state index in [-0.39, 0.29) is 5.69 Å². The lowest BCUT2D eigenvalue weighted by molar-refractivity contribution is 0.0996. The zero-order valence-corrected chi connectivity index (χ0v) is 21.2. The number of primary amides is 1. The number of ether oxygens (including phenoxy) is 1. The molecule has 0 radical (unpaired) electrons. The van der Waals surface area contributed by atoms with Crippen LogP contribution in [0.3, 0.4) is 0 Å². The topological polar surface area (TPSA) is 106 Å². The van der Waals surface area contributed by atoms with Crippen LogP contribution in [0.1, 0.15) is 24.3 Å². The molecular formula is C26H27BrN6O2. The van der Waals surface area contributed by atoms with Gasteiger partial charge in [-0.2, -0.15) is 4.98 Å². The van der Waals surface area contributed by atoms with Crippen LogP contribution < -0.4 is 15.8 Å². The van der Waals surface area contributed by atoms with Crippen LogP contribution in [0.4, 0.5) is 11.6 Å². The molecular weight excluding hydrogens is 508 g/mol. The van der Waals surface area contributed by atoms with Crippen molar-refractivity contribution in [3.8, 4) is 16.9 Å². The Bertz CT molecular complexity index is 1330. The SMILES string of the molecule is CCN(CC)CCOc1ccc(Nc2ncc3cc(-c4ccccc4Br)c(C(N)=O)nc3n2)cc1. The molecule has 8 nitrogen and oxygen atoms in total. The van der Waals surface area contributed by atoms with Gasteiger partial charge in [0.05, 0.1) is 0 Å². The van der Waals surface area contributed by atoms with Crippen LogP contribution in [0.25, 0.3) is 22.2 Å². The maximum Gasteiger partial charge on any atom is 0.268 e. The normalized spacial score (nSPS) is 11.1. The molecule has 2 aromatic heterocycles. The molecule has 0 unspecified atom stereocenters. The average Bonchev–Trinajstić information content (AvgIpc) is 2.87. The summed E-state index contributed by atoms with van der Waals surface area (Å²) in [6, 6.07) is 17.0. The number of benzene rings is 2. The summed E-state index contributed by atoms with van der Waals surface area (Å²) in [4.78, 5) is 27.9. The van der Waals surface area contributed by atoms with Gasteiger partial charge < -0.3 is 20.7 Å². The molecule has 0 aliphatic rings. The molecule has 0 spiro atoms. The van der Waals surface area contributed by atoms with Crippen molar-refractivity contribution in [2.75, 3.05) is 31.6 Å². The van der Waals surface area contributed by atoms with Crippen LogP contribution in [0.5, 0.6) is 5.75 Å². The van der Waals surface area contributed by atoms with Gasteiger partial charge in [-0.05, 0) is 55.1 Å². The van der Waals surface area contributed by atoms with E-state index in [0.717, 1.165) is 41.1 Å². The third-order valence-electron chi connectivity index (χ3n) is 5.65.